The number of fused-ring (bicyclic) bond motifs is 1. The van der Waals surface area contributed by atoms with Crippen molar-refractivity contribution in [3.63, 3.8) is 0 Å². The normalized spacial score (nSPS) is 11.2. The predicted octanol–water partition coefficient (Wildman–Crippen LogP) is 4.10. The molecule has 1 aromatic heterocycles. The third-order valence-electron chi connectivity index (χ3n) is 4.49. The summed E-state index contributed by atoms with van der Waals surface area (Å²) in [5.41, 5.74) is 2.70. The van der Waals surface area contributed by atoms with Gasteiger partial charge in [-0.15, -0.1) is 0 Å². The topological polar surface area (TPSA) is 87.1 Å². The third-order valence-corrected chi connectivity index (χ3v) is 4.77. The Kier molecular flexibility index (Phi) is 6.43. The molecular weight excluding hydrogens is 390 g/mol. The summed E-state index contributed by atoms with van der Waals surface area (Å²) in [5.74, 6) is 0.370. The molecule has 0 saturated carbocycles. The van der Waals surface area contributed by atoms with E-state index in [-0.39, 0.29) is 5.57 Å². The molecule has 3 aromatic rings. The Morgan fingerprint density at radius 2 is 2.07 bits per heavy atom. The first-order valence-corrected chi connectivity index (χ1v) is 9.31. The molecular formula is C22H20ClN3O3. The summed E-state index contributed by atoms with van der Waals surface area (Å²) in [6.45, 7) is 0.409. The van der Waals surface area contributed by atoms with Crippen LogP contribution in [0.5, 0.6) is 11.5 Å². The predicted molar refractivity (Wildman–Crippen MR) is 113 cm³/mol. The average Bonchev–Trinajstić information content (AvgIpc) is 3.14. The Morgan fingerprint density at radius 1 is 1.28 bits per heavy atom. The van der Waals surface area contributed by atoms with Gasteiger partial charge in [0.2, 0.25) is 0 Å². The molecule has 2 N–H and O–H groups in total. The summed E-state index contributed by atoms with van der Waals surface area (Å²) >= 11 is 6.19. The standard InChI is InChI=1S/C22H20ClN3O3/c1-28-20-11-14(10-18(23)21(20)29-2)9-16(12-24)22(27)25-8-7-15-13-26-19-6-4-3-5-17(15)19/h3-6,9-11,13,26H,7-8H2,1-2H3,(H,25,27)/b16-9+. The molecule has 0 radical (unpaired) electrons. The molecule has 1 amide bonds. The smallest absolute Gasteiger partial charge is 0.261 e. The summed E-state index contributed by atoms with van der Waals surface area (Å²) in [6.07, 6.45) is 4.05. The molecule has 0 aliphatic heterocycles. The quantitative estimate of drug-likeness (QED) is 0.454. The summed E-state index contributed by atoms with van der Waals surface area (Å²) < 4.78 is 10.4. The summed E-state index contributed by atoms with van der Waals surface area (Å²) in [7, 11) is 2.98. The molecule has 148 valence electrons. The molecule has 1 heterocycles. The zero-order chi connectivity index (χ0) is 20.8. The number of para-hydroxylation sites is 1. The van der Waals surface area contributed by atoms with Gasteiger partial charge in [0.15, 0.2) is 11.5 Å². The van der Waals surface area contributed by atoms with Crippen LogP contribution in [0.3, 0.4) is 0 Å². The molecule has 0 saturated heterocycles. The fourth-order valence-corrected chi connectivity index (χ4v) is 3.38. The Bertz CT molecular complexity index is 1110. The number of methoxy groups -OCH3 is 2. The van der Waals surface area contributed by atoms with E-state index in [1.807, 2.05) is 36.5 Å². The molecule has 0 aliphatic rings. The van der Waals surface area contributed by atoms with E-state index in [1.54, 1.807) is 12.1 Å². The molecule has 0 bridgehead atoms. The van der Waals surface area contributed by atoms with Gasteiger partial charge < -0.3 is 19.8 Å². The molecule has 3 rings (SSSR count). The van der Waals surface area contributed by atoms with Crippen molar-refractivity contribution in [1.29, 1.82) is 5.26 Å². The Morgan fingerprint density at radius 3 is 2.79 bits per heavy atom. The van der Waals surface area contributed by atoms with Crippen LogP contribution >= 0.6 is 11.6 Å². The SMILES string of the molecule is COc1cc(/C=C(\C#N)C(=O)NCCc2c[nH]c3ccccc23)cc(Cl)c1OC. The number of nitriles is 1. The number of benzene rings is 2. The minimum Gasteiger partial charge on any atom is -0.493 e. The van der Waals surface area contributed by atoms with E-state index in [4.69, 9.17) is 21.1 Å². The van der Waals surface area contributed by atoms with Crippen LogP contribution in [0.2, 0.25) is 5.02 Å². The molecule has 0 spiro atoms. The number of halogens is 1. The van der Waals surface area contributed by atoms with Crippen LogP contribution < -0.4 is 14.8 Å². The van der Waals surface area contributed by atoms with Crippen LogP contribution in [-0.4, -0.2) is 31.7 Å². The molecule has 2 aromatic carbocycles. The van der Waals surface area contributed by atoms with Crippen molar-refractivity contribution >= 4 is 34.5 Å². The maximum absolute atomic E-state index is 12.4. The number of H-pyrrole nitrogens is 1. The number of aromatic nitrogens is 1. The molecule has 6 nitrogen and oxygen atoms in total. The van der Waals surface area contributed by atoms with Gasteiger partial charge in [0.05, 0.1) is 19.2 Å². The minimum atomic E-state index is -0.446. The van der Waals surface area contributed by atoms with Crippen molar-refractivity contribution < 1.29 is 14.3 Å². The van der Waals surface area contributed by atoms with E-state index in [0.717, 1.165) is 16.5 Å². The first-order chi connectivity index (χ1) is 14.1. The van der Waals surface area contributed by atoms with Crippen LogP contribution in [0.25, 0.3) is 17.0 Å². The Labute approximate surface area is 173 Å². The highest BCUT2D eigenvalue weighted by molar-refractivity contribution is 6.32. The number of carbonyl (C=O) groups is 1. The molecule has 29 heavy (non-hydrogen) atoms. The van der Waals surface area contributed by atoms with Crippen LogP contribution in [0.15, 0.2) is 48.2 Å². The maximum atomic E-state index is 12.4. The van der Waals surface area contributed by atoms with E-state index in [2.05, 4.69) is 10.3 Å². The van der Waals surface area contributed by atoms with Crippen LogP contribution in [0.1, 0.15) is 11.1 Å². The van der Waals surface area contributed by atoms with Gasteiger partial charge in [-0.25, -0.2) is 0 Å². The summed E-state index contributed by atoms with van der Waals surface area (Å²) in [6, 6.07) is 13.2. The van der Waals surface area contributed by atoms with Gasteiger partial charge >= 0.3 is 0 Å². The number of rotatable bonds is 7. The van der Waals surface area contributed by atoms with Crippen molar-refractivity contribution in [2.24, 2.45) is 0 Å². The second-order valence-electron chi connectivity index (χ2n) is 6.27. The zero-order valence-electron chi connectivity index (χ0n) is 16.1. The second-order valence-corrected chi connectivity index (χ2v) is 6.68. The van der Waals surface area contributed by atoms with Gasteiger partial charge in [-0.1, -0.05) is 29.8 Å². The molecule has 0 unspecified atom stereocenters. The van der Waals surface area contributed by atoms with E-state index in [0.29, 0.717) is 35.1 Å². The Hall–Kier alpha value is -3.43. The summed E-state index contributed by atoms with van der Waals surface area (Å²) in [4.78, 5) is 15.6. The van der Waals surface area contributed by atoms with Gasteiger partial charge in [0.1, 0.15) is 11.6 Å². The zero-order valence-corrected chi connectivity index (χ0v) is 16.8. The van der Waals surface area contributed by atoms with Crippen molar-refractivity contribution in [1.82, 2.24) is 10.3 Å². The van der Waals surface area contributed by atoms with Gasteiger partial charge in [-0.3, -0.25) is 4.79 Å². The van der Waals surface area contributed by atoms with Crippen molar-refractivity contribution in [3.8, 4) is 17.6 Å². The molecule has 0 atom stereocenters. The van der Waals surface area contributed by atoms with E-state index in [1.165, 1.54) is 20.3 Å². The fourth-order valence-electron chi connectivity index (χ4n) is 3.08. The van der Waals surface area contributed by atoms with E-state index in [9.17, 15) is 10.1 Å². The number of aromatic amines is 1. The number of nitrogens with one attached hydrogen (secondary N) is 2. The van der Waals surface area contributed by atoms with Gasteiger partial charge in [0, 0.05) is 23.6 Å². The Balaban J connectivity index is 1.70. The summed E-state index contributed by atoms with van der Waals surface area (Å²) in [5, 5.41) is 13.6. The second kappa shape index (κ2) is 9.18. The number of carbonyl (C=O) groups excluding carboxylic acids is 1. The number of hydrogen-bond acceptors (Lipinski definition) is 4. The number of nitrogens with zero attached hydrogens (tertiary/aromatic N) is 1. The highest BCUT2D eigenvalue weighted by Gasteiger charge is 2.13. The first-order valence-electron chi connectivity index (χ1n) is 8.94. The number of amides is 1. The lowest BCUT2D eigenvalue weighted by Gasteiger charge is -2.10. The molecule has 0 fully saturated rings. The van der Waals surface area contributed by atoms with Crippen LogP contribution in [-0.2, 0) is 11.2 Å². The maximum Gasteiger partial charge on any atom is 0.261 e. The average molecular weight is 410 g/mol. The lowest BCUT2D eigenvalue weighted by molar-refractivity contribution is -0.117. The van der Waals surface area contributed by atoms with Gasteiger partial charge in [0.25, 0.3) is 5.91 Å². The monoisotopic (exact) mass is 409 g/mol. The highest BCUT2D eigenvalue weighted by Crippen LogP contribution is 2.36. The minimum absolute atomic E-state index is 0.0211. The highest BCUT2D eigenvalue weighted by atomic mass is 35.5. The van der Waals surface area contributed by atoms with Crippen molar-refractivity contribution in [2.45, 2.75) is 6.42 Å². The first kappa shape index (κ1) is 20.3. The van der Waals surface area contributed by atoms with Gasteiger partial charge in [-0.2, -0.15) is 5.26 Å². The van der Waals surface area contributed by atoms with E-state index >= 15 is 0 Å². The van der Waals surface area contributed by atoms with Crippen molar-refractivity contribution in [2.75, 3.05) is 20.8 Å². The van der Waals surface area contributed by atoms with Crippen LogP contribution in [0.4, 0.5) is 0 Å². The van der Waals surface area contributed by atoms with Crippen molar-refractivity contribution in [3.05, 3.63) is 64.3 Å². The van der Waals surface area contributed by atoms with Crippen LogP contribution in [0, 0.1) is 11.3 Å². The lowest BCUT2D eigenvalue weighted by atomic mass is 10.1. The van der Waals surface area contributed by atoms with E-state index < -0.39 is 5.91 Å². The third kappa shape index (κ3) is 4.53. The van der Waals surface area contributed by atoms with Gasteiger partial charge in [-0.05, 0) is 41.8 Å². The largest absolute Gasteiger partial charge is 0.493 e. The number of hydrogen-bond donors (Lipinski definition) is 2. The number of ether oxygens (including phenoxy) is 2. The fraction of sp³-hybridized carbons (Fsp3) is 0.182. The molecule has 7 heteroatoms. The molecule has 0 aliphatic carbocycles. The lowest BCUT2D eigenvalue weighted by Crippen LogP contribution is -2.26.